The molecule has 0 rings (SSSR count). The van der Waals surface area contributed by atoms with Gasteiger partial charge in [-0.2, -0.15) is 0 Å². The number of hydrogen-bond donors (Lipinski definition) is 0. The fraction of sp³-hybridized carbons (Fsp3) is 0.889. The van der Waals surface area contributed by atoms with E-state index in [1.807, 2.05) is 6.08 Å². The van der Waals surface area contributed by atoms with Crippen molar-refractivity contribution in [3.8, 4) is 0 Å². The first-order valence-electron chi connectivity index (χ1n) is 13.4. The van der Waals surface area contributed by atoms with E-state index in [1.165, 1.54) is 116 Å². The Bertz CT molecular complexity index is 440. The van der Waals surface area contributed by atoms with Gasteiger partial charge in [0.15, 0.2) is 5.76 Å². The highest BCUT2D eigenvalue weighted by molar-refractivity contribution is 6.70. The number of unbranched alkanes of at least 4 members (excludes halogenated alkanes) is 18. The van der Waals surface area contributed by atoms with Crippen LogP contribution in [0.3, 0.4) is 0 Å². The molecule has 0 aromatic carbocycles. The lowest BCUT2D eigenvalue weighted by atomic mass is 10.0. The maximum atomic E-state index is 11.8. The summed E-state index contributed by atoms with van der Waals surface area (Å²) in [7, 11) is -0.367. The van der Waals surface area contributed by atoms with Crippen molar-refractivity contribution in [3.63, 3.8) is 0 Å². The molecular weight excluding hydrogens is 400 g/mol. The third-order valence-corrected chi connectivity index (χ3v) is 6.52. The van der Waals surface area contributed by atoms with Crippen molar-refractivity contribution in [1.82, 2.24) is 0 Å². The summed E-state index contributed by atoms with van der Waals surface area (Å²) in [6.07, 6.45) is 27.8. The second-order valence-electron chi connectivity index (χ2n) is 10.1. The van der Waals surface area contributed by atoms with Crippen LogP contribution in [0.2, 0.25) is 19.6 Å². The van der Waals surface area contributed by atoms with Gasteiger partial charge in [0.05, 0.1) is 7.11 Å². The minimum Gasteiger partial charge on any atom is -0.540 e. The zero-order chi connectivity index (χ0) is 23.2. The molecule has 0 fully saturated rings. The van der Waals surface area contributed by atoms with E-state index in [-0.39, 0.29) is 5.97 Å². The van der Waals surface area contributed by atoms with Gasteiger partial charge in [-0.15, -0.1) is 0 Å². The molecule has 0 unspecified atom stereocenters. The van der Waals surface area contributed by atoms with E-state index in [9.17, 15) is 4.79 Å². The first-order chi connectivity index (χ1) is 14.9. The number of ether oxygens (including phenoxy) is 1. The fourth-order valence-corrected chi connectivity index (χ4v) is 4.70. The SMILES string of the molecule is CCCCCCCCCCCCCCCCCCCCC=C(O[Si](C)(C)C)C(=O)OC. The van der Waals surface area contributed by atoms with E-state index < -0.39 is 8.32 Å². The molecule has 0 saturated carbocycles. The van der Waals surface area contributed by atoms with Crippen LogP contribution in [0, 0.1) is 0 Å². The van der Waals surface area contributed by atoms with Gasteiger partial charge < -0.3 is 9.16 Å². The molecule has 0 bridgehead atoms. The van der Waals surface area contributed by atoms with Crippen molar-refractivity contribution < 1.29 is 14.0 Å². The van der Waals surface area contributed by atoms with E-state index in [0.717, 1.165) is 12.8 Å². The summed E-state index contributed by atoms with van der Waals surface area (Å²) in [6, 6.07) is 0. The molecule has 184 valence electrons. The predicted octanol–water partition coefficient (Wildman–Crippen LogP) is 9.33. The molecule has 0 amide bonds. The van der Waals surface area contributed by atoms with Crippen LogP contribution < -0.4 is 0 Å². The highest BCUT2D eigenvalue weighted by atomic mass is 28.4. The molecule has 0 aromatic heterocycles. The Morgan fingerprint density at radius 2 is 1.00 bits per heavy atom. The Kier molecular flexibility index (Phi) is 20.6. The zero-order valence-electron chi connectivity index (χ0n) is 21.7. The summed E-state index contributed by atoms with van der Waals surface area (Å²) in [5.41, 5.74) is 0. The van der Waals surface area contributed by atoms with Crippen LogP contribution in [-0.4, -0.2) is 21.4 Å². The molecule has 3 nitrogen and oxygen atoms in total. The minimum absolute atomic E-state index is 0.343. The molecule has 31 heavy (non-hydrogen) atoms. The lowest BCUT2D eigenvalue weighted by Crippen LogP contribution is -2.27. The van der Waals surface area contributed by atoms with Gasteiger partial charge in [0, 0.05) is 0 Å². The average Bonchev–Trinajstić information content (AvgIpc) is 2.73. The Hall–Kier alpha value is -0.773. The highest BCUT2D eigenvalue weighted by Crippen LogP contribution is 2.16. The lowest BCUT2D eigenvalue weighted by Gasteiger charge is -2.20. The van der Waals surface area contributed by atoms with Crippen LogP contribution in [0.4, 0.5) is 0 Å². The zero-order valence-corrected chi connectivity index (χ0v) is 22.7. The molecule has 4 heteroatoms. The van der Waals surface area contributed by atoms with Crippen molar-refractivity contribution >= 4 is 14.3 Å². The third-order valence-electron chi connectivity index (χ3n) is 5.69. The second-order valence-corrected chi connectivity index (χ2v) is 14.5. The predicted molar refractivity (Wildman–Crippen MR) is 138 cm³/mol. The summed E-state index contributed by atoms with van der Waals surface area (Å²) in [4.78, 5) is 11.8. The van der Waals surface area contributed by atoms with Crippen LogP contribution in [0.1, 0.15) is 129 Å². The van der Waals surface area contributed by atoms with Crippen LogP contribution in [0.15, 0.2) is 11.8 Å². The van der Waals surface area contributed by atoms with Crippen molar-refractivity contribution in [3.05, 3.63) is 11.8 Å². The molecule has 0 aromatic rings. The molecule has 0 spiro atoms. The van der Waals surface area contributed by atoms with Gasteiger partial charge >= 0.3 is 5.97 Å². The smallest absolute Gasteiger partial charge is 0.371 e. The van der Waals surface area contributed by atoms with Crippen molar-refractivity contribution in [2.24, 2.45) is 0 Å². The van der Waals surface area contributed by atoms with Crippen LogP contribution in [-0.2, 0) is 14.0 Å². The monoisotopic (exact) mass is 454 g/mol. The standard InChI is InChI=1S/C27H54O3Si/c1-6-7-8-9-10-11-12-13-14-15-16-17-18-19-20-21-22-23-24-25-26(27(28)29-2)30-31(3,4)5/h25H,6-24H2,1-5H3. The number of carbonyl (C=O) groups is 1. The van der Waals surface area contributed by atoms with Gasteiger partial charge in [0.25, 0.3) is 0 Å². The Morgan fingerprint density at radius 1 is 0.645 bits per heavy atom. The van der Waals surface area contributed by atoms with E-state index >= 15 is 0 Å². The van der Waals surface area contributed by atoms with Gasteiger partial charge in [-0.1, -0.05) is 116 Å². The quantitative estimate of drug-likeness (QED) is 0.0537. The van der Waals surface area contributed by atoms with Crippen molar-refractivity contribution in [1.29, 1.82) is 0 Å². The topological polar surface area (TPSA) is 35.5 Å². The van der Waals surface area contributed by atoms with E-state index in [0.29, 0.717) is 5.76 Å². The number of methoxy groups -OCH3 is 1. The molecule has 0 aliphatic heterocycles. The Morgan fingerprint density at radius 3 is 1.32 bits per heavy atom. The molecule has 0 radical (unpaired) electrons. The van der Waals surface area contributed by atoms with Gasteiger partial charge in [0.2, 0.25) is 8.32 Å². The van der Waals surface area contributed by atoms with Gasteiger partial charge in [-0.3, -0.25) is 0 Å². The average molecular weight is 455 g/mol. The molecule has 0 aliphatic carbocycles. The third kappa shape index (κ3) is 22.2. The molecule has 0 saturated heterocycles. The van der Waals surface area contributed by atoms with Gasteiger partial charge in [-0.25, -0.2) is 4.79 Å². The summed E-state index contributed by atoms with van der Waals surface area (Å²) in [5.74, 6) is 0.0680. The Labute approximate surface area is 195 Å². The van der Waals surface area contributed by atoms with Gasteiger partial charge in [-0.05, 0) is 38.6 Å². The summed E-state index contributed by atoms with van der Waals surface area (Å²) < 4.78 is 10.7. The number of rotatable bonds is 22. The number of hydrogen-bond acceptors (Lipinski definition) is 3. The fourth-order valence-electron chi connectivity index (χ4n) is 3.88. The highest BCUT2D eigenvalue weighted by Gasteiger charge is 2.22. The Balaban J connectivity index is 3.45. The molecule has 0 heterocycles. The second kappa shape index (κ2) is 21.1. The van der Waals surface area contributed by atoms with Crippen LogP contribution in [0.5, 0.6) is 0 Å². The van der Waals surface area contributed by atoms with Crippen LogP contribution >= 0.6 is 0 Å². The number of esters is 1. The minimum atomic E-state index is -1.78. The molecule has 0 aliphatic rings. The largest absolute Gasteiger partial charge is 0.540 e. The van der Waals surface area contributed by atoms with E-state index in [4.69, 9.17) is 9.16 Å². The number of allylic oxidation sites excluding steroid dienone is 1. The molecule has 0 atom stereocenters. The number of carbonyl (C=O) groups excluding carboxylic acids is 1. The first-order valence-corrected chi connectivity index (χ1v) is 16.8. The van der Waals surface area contributed by atoms with Crippen molar-refractivity contribution in [2.75, 3.05) is 7.11 Å². The normalized spacial score (nSPS) is 12.2. The maximum absolute atomic E-state index is 11.8. The first kappa shape index (κ1) is 30.2. The van der Waals surface area contributed by atoms with Crippen LogP contribution in [0.25, 0.3) is 0 Å². The summed E-state index contributed by atoms with van der Waals surface area (Å²) in [6.45, 7) is 8.54. The lowest BCUT2D eigenvalue weighted by molar-refractivity contribution is -0.138. The molecular formula is C27H54O3Si. The summed E-state index contributed by atoms with van der Waals surface area (Å²) >= 11 is 0. The van der Waals surface area contributed by atoms with Gasteiger partial charge in [0.1, 0.15) is 0 Å². The van der Waals surface area contributed by atoms with Crippen molar-refractivity contribution in [2.45, 2.75) is 149 Å². The maximum Gasteiger partial charge on any atom is 0.371 e. The van der Waals surface area contributed by atoms with E-state index in [2.05, 4.69) is 26.6 Å². The van der Waals surface area contributed by atoms with E-state index in [1.54, 1.807) is 0 Å². The molecule has 0 N–H and O–H groups in total. The summed E-state index contributed by atoms with van der Waals surface area (Å²) in [5, 5.41) is 0.